The number of phenols is 1. The van der Waals surface area contributed by atoms with Gasteiger partial charge in [0.05, 0.1) is 0 Å². The Labute approximate surface area is 168 Å². The van der Waals surface area contributed by atoms with Crippen molar-refractivity contribution >= 4 is 41.2 Å². The number of rotatable bonds is 4. The summed E-state index contributed by atoms with van der Waals surface area (Å²) in [5.74, 6) is -11.8. The Bertz CT molecular complexity index is 858. The molecule has 0 atom stereocenters. The van der Waals surface area contributed by atoms with Gasteiger partial charge < -0.3 is 15.5 Å². The van der Waals surface area contributed by atoms with E-state index in [9.17, 15) is 40.6 Å². The van der Waals surface area contributed by atoms with Crippen LogP contribution in [0.5, 0.6) is 5.75 Å². The number of benzene rings is 2. The van der Waals surface area contributed by atoms with Crippen molar-refractivity contribution in [2.45, 2.75) is 12.7 Å². The molecule has 0 aromatic heterocycles. The van der Waals surface area contributed by atoms with E-state index in [1.54, 1.807) is 0 Å². The molecule has 4 nitrogen and oxygen atoms in total. The van der Waals surface area contributed by atoms with Crippen LogP contribution in [0.2, 0.25) is 0 Å². The molecule has 0 aliphatic carbocycles. The average Bonchev–Trinajstić information content (AvgIpc) is 2.53. The number of nitrogens with one attached hydrogen (secondary N) is 1. The van der Waals surface area contributed by atoms with Crippen molar-refractivity contribution in [1.29, 1.82) is 0 Å². The van der Waals surface area contributed by atoms with Crippen molar-refractivity contribution in [3.05, 3.63) is 58.2 Å². The summed E-state index contributed by atoms with van der Waals surface area (Å²) in [5.41, 5.74) is -4.74. The number of hydrogen-bond donors (Lipinski definition) is 3. The Hall–Kier alpha value is -1.98. The van der Waals surface area contributed by atoms with Crippen molar-refractivity contribution in [2.75, 3.05) is 5.32 Å². The molecule has 2 rings (SSSR count). The second-order valence-electron chi connectivity index (χ2n) is 5.00. The first-order chi connectivity index (χ1) is 11.9. The van der Waals surface area contributed by atoms with Crippen LogP contribution in [-0.4, -0.2) is 45.7 Å². The molecule has 0 radical (unpaired) electrons. The number of aromatic hydroxyl groups is 1. The summed E-state index contributed by atoms with van der Waals surface area (Å²) in [6.45, 7) is -0.993. The monoisotopic (exact) mass is 407 g/mol. The number of carbonyl (C=O) groups is 1. The van der Waals surface area contributed by atoms with Gasteiger partial charge in [0.15, 0.2) is 23.3 Å². The summed E-state index contributed by atoms with van der Waals surface area (Å²) in [7, 11) is 0. The van der Waals surface area contributed by atoms with Gasteiger partial charge in [0.25, 0.3) is 0 Å². The third kappa shape index (κ3) is 4.66. The molecule has 0 amide bonds. The van der Waals surface area contributed by atoms with E-state index >= 15 is 0 Å². The van der Waals surface area contributed by atoms with Crippen molar-refractivity contribution in [3.63, 3.8) is 0 Å². The first kappa shape index (κ1) is 23.1. The van der Waals surface area contributed by atoms with Gasteiger partial charge in [0.1, 0.15) is 16.9 Å². The molecule has 27 heavy (non-hydrogen) atoms. The summed E-state index contributed by atoms with van der Waals surface area (Å²) in [4.78, 5) is 10.9. The molecule has 0 saturated heterocycles. The van der Waals surface area contributed by atoms with Crippen LogP contribution >= 0.6 is 0 Å². The summed E-state index contributed by atoms with van der Waals surface area (Å²) in [5, 5.41) is 20.4. The van der Waals surface area contributed by atoms with E-state index in [0.717, 1.165) is 18.2 Å². The number of carboxylic acids is 1. The zero-order valence-corrected chi connectivity index (χ0v) is 12.4. The minimum absolute atomic E-state index is 0. The van der Waals surface area contributed by atoms with Crippen molar-refractivity contribution in [1.82, 2.24) is 0 Å². The van der Waals surface area contributed by atoms with Crippen molar-refractivity contribution < 1.29 is 45.7 Å². The zero-order valence-electron chi connectivity index (χ0n) is 12.4. The molecule has 2 aromatic carbocycles. The van der Waals surface area contributed by atoms with Crippen LogP contribution in [-0.2, 0) is 12.7 Å². The minimum atomic E-state index is -5.64. The van der Waals surface area contributed by atoms with E-state index in [2.05, 4.69) is 5.32 Å². The van der Waals surface area contributed by atoms with Crippen LogP contribution in [0, 0.1) is 23.3 Å². The van der Waals surface area contributed by atoms with Gasteiger partial charge in [-0.3, -0.25) is 0 Å². The second kappa shape index (κ2) is 8.36. The Morgan fingerprint density at radius 2 is 1.52 bits per heavy atom. The Morgan fingerprint density at radius 3 is 1.96 bits per heavy atom. The van der Waals surface area contributed by atoms with Crippen LogP contribution < -0.4 is 5.32 Å². The molecule has 0 bridgehead atoms. The van der Waals surface area contributed by atoms with Crippen LogP contribution in [0.1, 0.15) is 21.5 Å². The Morgan fingerprint density at radius 1 is 1.00 bits per heavy atom. The van der Waals surface area contributed by atoms with Gasteiger partial charge in [-0.2, -0.15) is 13.2 Å². The molecule has 3 N–H and O–H groups in total. The molecule has 0 aliphatic rings. The van der Waals surface area contributed by atoms with E-state index < -0.39 is 64.4 Å². The maximum atomic E-state index is 13.8. The van der Waals surface area contributed by atoms with E-state index in [4.69, 9.17) is 5.11 Å². The van der Waals surface area contributed by atoms with E-state index in [1.807, 2.05) is 0 Å². The molecule has 0 saturated carbocycles. The summed E-state index contributed by atoms with van der Waals surface area (Å²) in [6.07, 6.45) is -5.64. The molecule has 0 spiro atoms. The third-order valence-electron chi connectivity index (χ3n) is 3.33. The molecular weight excluding hydrogens is 398 g/mol. The number of aromatic carboxylic acids is 1. The standard InChI is InChI=1S/C15H8F7NO3.Na.H/c16-10-7(11(17)13(19)9(12(10)18)15(20,21)22)4-23-5-1-2-8(24)6(3-5)14(25)26;;/h1-3,23-24H,4H2,(H,25,26);;. The number of halogens is 7. The van der Waals surface area contributed by atoms with Gasteiger partial charge in [0.2, 0.25) is 0 Å². The van der Waals surface area contributed by atoms with E-state index in [-0.39, 0.29) is 35.2 Å². The number of alkyl halides is 3. The van der Waals surface area contributed by atoms with Crippen LogP contribution in [0.25, 0.3) is 0 Å². The van der Waals surface area contributed by atoms with E-state index in [1.165, 1.54) is 0 Å². The quantitative estimate of drug-likeness (QED) is 0.314. The predicted molar refractivity (Wildman–Crippen MR) is 80.8 cm³/mol. The summed E-state index contributed by atoms with van der Waals surface area (Å²) < 4.78 is 92.0. The summed E-state index contributed by atoms with van der Waals surface area (Å²) >= 11 is 0. The SMILES string of the molecule is O=C(O)c1cc(NCc2c(F)c(F)c(C(F)(F)F)c(F)c2F)ccc1O.[NaH]. The van der Waals surface area contributed by atoms with E-state index in [0.29, 0.717) is 0 Å². The van der Waals surface area contributed by atoms with Crippen LogP contribution in [0.4, 0.5) is 36.4 Å². The molecule has 2 aromatic rings. The van der Waals surface area contributed by atoms with Gasteiger partial charge >= 0.3 is 41.7 Å². The van der Waals surface area contributed by atoms with Gasteiger partial charge in [-0.15, -0.1) is 0 Å². The average molecular weight is 407 g/mol. The molecule has 0 aliphatic heterocycles. The van der Waals surface area contributed by atoms with Crippen LogP contribution in [0.15, 0.2) is 18.2 Å². The topological polar surface area (TPSA) is 69.6 Å². The van der Waals surface area contributed by atoms with Gasteiger partial charge in [0, 0.05) is 17.8 Å². The Kier molecular flexibility index (Phi) is 7.14. The summed E-state index contributed by atoms with van der Waals surface area (Å²) in [6, 6.07) is 2.85. The van der Waals surface area contributed by atoms with Crippen LogP contribution in [0.3, 0.4) is 0 Å². The number of anilines is 1. The second-order valence-corrected chi connectivity index (χ2v) is 5.00. The number of hydrogen-bond acceptors (Lipinski definition) is 3. The van der Waals surface area contributed by atoms with Gasteiger partial charge in [-0.1, -0.05) is 0 Å². The fourth-order valence-corrected chi connectivity index (χ4v) is 2.09. The Balaban J connectivity index is 0.00000364. The predicted octanol–water partition coefficient (Wildman–Crippen LogP) is 3.63. The van der Waals surface area contributed by atoms with Crippen molar-refractivity contribution in [3.8, 4) is 5.75 Å². The fourth-order valence-electron chi connectivity index (χ4n) is 2.09. The molecule has 0 heterocycles. The normalized spacial score (nSPS) is 11.1. The fraction of sp³-hybridized carbons (Fsp3) is 0.133. The van der Waals surface area contributed by atoms with Gasteiger partial charge in [-0.05, 0) is 18.2 Å². The molecule has 0 unspecified atom stereocenters. The number of carboxylic acid groups (broad SMARTS) is 1. The first-order valence-corrected chi connectivity index (χ1v) is 6.67. The first-order valence-electron chi connectivity index (χ1n) is 6.67. The van der Waals surface area contributed by atoms with Crippen molar-refractivity contribution in [2.24, 2.45) is 0 Å². The molecular formula is C15H9F7NNaO3. The van der Waals surface area contributed by atoms with Gasteiger partial charge in [-0.25, -0.2) is 22.4 Å². The zero-order chi connectivity index (χ0) is 19.8. The third-order valence-corrected chi connectivity index (χ3v) is 3.33. The molecule has 0 fully saturated rings. The maximum absolute atomic E-state index is 13.8. The molecule has 12 heteroatoms. The molecule has 142 valence electrons.